The van der Waals surface area contributed by atoms with Gasteiger partial charge in [-0.25, -0.2) is 4.79 Å². The van der Waals surface area contributed by atoms with Gasteiger partial charge in [-0.1, -0.05) is 49.1 Å². The molecule has 1 aromatic rings. The summed E-state index contributed by atoms with van der Waals surface area (Å²) in [7, 11) is 0. The number of oxime groups is 1. The first kappa shape index (κ1) is 16.8. The van der Waals surface area contributed by atoms with Crippen molar-refractivity contribution in [2.45, 2.75) is 27.7 Å². The molecule has 0 aliphatic rings. The van der Waals surface area contributed by atoms with E-state index in [1.165, 1.54) is 6.07 Å². The van der Waals surface area contributed by atoms with Crippen LogP contribution in [0.15, 0.2) is 23.4 Å². The van der Waals surface area contributed by atoms with Gasteiger partial charge in [0.2, 0.25) is 0 Å². The smallest absolute Gasteiger partial charge is 0.372 e. The topological polar surface area (TPSA) is 47.9 Å². The molecule has 0 atom stereocenters. The van der Waals surface area contributed by atoms with E-state index in [2.05, 4.69) is 5.16 Å². The van der Waals surface area contributed by atoms with Crippen LogP contribution in [0.4, 0.5) is 0 Å². The monoisotopic (exact) mass is 317 g/mol. The van der Waals surface area contributed by atoms with Gasteiger partial charge in [-0.2, -0.15) is 0 Å². The maximum Gasteiger partial charge on any atom is 0.372 e. The number of nitrogens with zero attached hydrogens (tertiary/aromatic N) is 1. The first-order chi connectivity index (χ1) is 9.20. The van der Waals surface area contributed by atoms with Crippen LogP contribution in [0.3, 0.4) is 0 Å². The average molecular weight is 318 g/mol. The van der Waals surface area contributed by atoms with Crippen molar-refractivity contribution in [1.29, 1.82) is 0 Å². The van der Waals surface area contributed by atoms with E-state index >= 15 is 0 Å². The van der Waals surface area contributed by atoms with Gasteiger partial charge in [0.1, 0.15) is 5.75 Å². The third-order valence-corrected chi connectivity index (χ3v) is 3.14. The summed E-state index contributed by atoms with van der Waals surface area (Å²) in [5.41, 5.74) is 0.566. The third-order valence-electron chi connectivity index (χ3n) is 2.61. The molecule has 0 aliphatic heterocycles. The maximum absolute atomic E-state index is 11.5. The summed E-state index contributed by atoms with van der Waals surface area (Å²) in [5, 5.41) is 4.61. The number of halogens is 2. The zero-order valence-corrected chi connectivity index (χ0v) is 13.4. The number of ether oxygens (including phenoxy) is 1. The molecule has 0 fully saturated rings. The van der Waals surface area contributed by atoms with Gasteiger partial charge in [0.25, 0.3) is 0 Å². The quantitative estimate of drug-likeness (QED) is 0.471. The SMILES string of the molecule is CC(=NOC(=O)COc1ccc(Cl)cc1Cl)C(C)(C)C. The summed E-state index contributed by atoms with van der Waals surface area (Å²) in [6, 6.07) is 4.74. The lowest BCUT2D eigenvalue weighted by Crippen LogP contribution is -2.19. The van der Waals surface area contributed by atoms with E-state index in [0.717, 1.165) is 5.71 Å². The second-order valence-electron chi connectivity index (χ2n) is 5.25. The van der Waals surface area contributed by atoms with Gasteiger partial charge in [-0.3, -0.25) is 0 Å². The van der Waals surface area contributed by atoms with Crippen LogP contribution >= 0.6 is 23.2 Å². The summed E-state index contributed by atoms with van der Waals surface area (Å²) in [4.78, 5) is 16.3. The minimum Gasteiger partial charge on any atom is -0.480 e. The fourth-order valence-electron chi connectivity index (χ4n) is 1.01. The molecule has 110 valence electrons. The standard InChI is InChI=1S/C14H17Cl2NO3/c1-9(14(2,3)4)17-20-13(18)8-19-12-6-5-10(15)7-11(12)16/h5-7H,8H2,1-4H3. The molecule has 20 heavy (non-hydrogen) atoms. The van der Waals surface area contributed by atoms with Crippen LogP contribution in [0.5, 0.6) is 5.75 Å². The Balaban J connectivity index is 2.52. The number of carbonyl (C=O) groups is 1. The first-order valence-corrected chi connectivity index (χ1v) is 6.78. The minimum absolute atomic E-state index is 0.152. The van der Waals surface area contributed by atoms with Gasteiger partial charge >= 0.3 is 5.97 Å². The Kier molecular flexibility index (Phi) is 5.84. The Hall–Kier alpha value is -1.26. The van der Waals surface area contributed by atoms with E-state index in [9.17, 15) is 4.79 Å². The Morgan fingerprint density at radius 1 is 1.30 bits per heavy atom. The third kappa shape index (κ3) is 5.39. The summed E-state index contributed by atoms with van der Waals surface area (Å²) in [5.74, 6) is -0.232. The molecular formula is C14H17Cl2NO3. The van der Waals surface area contributed by atoms with Crippen molar-refractivity contribution < 1.29 is 14.4 Å². The van der Waals surface area contributed by atoms with E-state index < -0.39 is 5.97 Å². The highest BCUT2D eigenvalue weighted by molar-refractivity contribution is 6.35. The number of rotatable bonds is 4. The molecule has 0 aromatic heterocycles. The Labute approximate surface area is 128 Å². The minimum atomic E-state index is -0.598. The van der Waals surface area contributed by atoms with Crippen LogP contribution < -0.4 is 4.74 Å². The van der Waals surface area contributed by atoms with Gasteiger partial charge in [0, 0.05) is 10.4 Å². The van der Waals surface area contributed by atoms with Gasteiger partial charge in [0.05, 0.1) is 10.7 Å². The Morgan fingerprint density at radius 3 is 2.50 bits per heavy atom. The number of carbonyl (C=O) groups excluding carboxylic acids is 1. The molecule has 0 spiro atoms. The van der Waals surface area contributed by atoms with E-state index in [1.54, 1.807) is 19.1 Å². The Bertz CT molecular complexity index is 522. The predicted octanol–water partition coefficient (Wildman–Crippen LogP) is 4.34. The predicted molar refractivity (Wildman–Crippen MR) is 80.6 cm³/mol. The zero-order chi connectivity index (χ0) is 15.3. The van der Waals surface area contributed by atoms with Gasteiger partial charge < -0.3 is 9.57 Å². The lowest BCUT2D eigenvalue weighted by molar-refractivity contribution is -0.146. The van der Waals surface area contributed by atoms with Gasteiger partial charge in [-0.15, -0.1) is 0 Å². The molecule has 0 bridgehead atoms. The van der Waals surface area contributed by atoms with Gasteiger partial charge in [-0.05, 0) is 25.1 Å². The van der Waals surface area contributed by atoms with Crippen molar-refractivity contribution in [2.24, 2.45) is 10.6 Å². The van der Waals surface area contributed by atoms with Crippen molar-refractivity contribution in [2.75, 3.05) is 6.61 Å². The van der Waals surface area contributed by atoms with Crippen molar-refractivity contribution >= 4 is 34.9 Å². The van der Waals surface area contributed by atoms with Crippen molar-refractivity contribution in [1.82, 2.24) is 0 Å². The second kappa shape index (κ2) is 6.95. The largest absolute Gasteiger partial charge is 0.480 e. The fraction of sp³-hybridized carbons (Fsp3) is 0.429. The molecule has 0 heterocycles. The fourth-order valence-corrected chi connectivity index (χ4v) is 1.47. The lowest BCUT2D eigenvalue weighted by Gasteiger charge is -2.16. The number of hydrogen-bond acceptors (Lipinski definition) is 4. The molecule has 1 aromatic carbocycles. The molecule has 0 saturated heterocycles. The molecule has 1 rings (SSSR count). The highest BCUT2D eigenvalue weighted by Gasteiger charge is 2.16. The maximum atomic E-state index is 11.5. The average Bonchev–Trinajstić information content (AvgIpc) is 2.33. The molecule has 0 radical (unpaired) electrons. The first-order valence-electron chi connectivity index (χ1n) is 6.03. The Morgan fingerprint density at radius 2 is 1.95 bits per heavy atom. The second-order valence-corrected chi connectivity index (χ2v) is 6.10. The molecule has 0 N–H and O–H groups in total. The summed E-state index contributed by atoms with van der Waals surface area (Å²) < 4.78 is 5.24. The highest BCUT2D eigenvalue weighted by Crippen LogP contribution is 2.27. The van der Waals surface area contributed by atoms with E-state index in [4.69, 9.17) is 32.8 Å². The summed E-state index contributed by atoms with van der Waals surface area (Å²) in [6.07, 6.45) is 0. The van der Waals surface area contributed by atoms with Crippen molar-refractivity contribution in [3.8, 4) is 5.75 Å². The number of hydrogen-bond donors (Lipinski definition) is 0. The lowest BCUT2D eigenvalue weighted by atomic mass is 9.91. The summed E-state index contributed by atoms with van der Waals surface area (Å²) in [6.45, 7) is 7.45. The van der Waals surface area contributed by atoms with Crippen LogP contribution in [-0.2, 0) is 9.63 Å². The van der Waals surface area contributed by atoms with E-state index in [0.29, 0.717) is 15.8 Å². The van der Waals surface area contributed by atoms with Crippen LogP contribution in [0.1, 0.15) is 27.7 Å². The molecule has 0 unspecified atom stereocenters. The van der Waals surface area contributed by atoms with Crippen molar-refractivity contribution in [3.05, 3.63) is 28.2 Å². The normalized spacial score (nSPS) is 12.2. The zero-order valence-electron chi connectivity index (χ0n) is 11.9. The van der Waals surface area contributed by atoms with Crippen LogP contribution in [0, 0.1) is 5.41 Å². The highest BCUT2D eigenvalue weighted by atomic mass is 35.5. The van der Waals surface area contributed by atoms with E-state index in [1.807, 2.05) is 20.8 Å². The molecule has 0 amide bonds. The van der Waals surface area contributed by atoms with Crippen molar-refractivity contribution in [3.63, 3.8) is 0 Å². The van der Waals surface area contributed by atoms with Crippen LogP contribution in [0.25, 0.3) is 0 Å². The van der Waals surface area contributed by atoms with Crippen LogP contribution in [0.2, 0.25) is 10.0 Å². The molecule has 6 heteroatoms. The summed E-state index contributed by atoms with van der Waals surface area (Å²) >= 11 is 11.7. The molecular weight excluding hydrogens is 301 g/mol. The number of benzene rings is 1. The van der Waals surface area contributed by atoms with Gasteiger partial charge in [0.15, 0.2) is 6.61 Å². The van der Waals surface area contributed by atoms with Crippen LogP contribution in [-0.4, -0.2) is 18.3 Å². The van der Waals surface area contributed by atoms with E-state index in [-0.39, 0.29) is 12.0 Å². The molecule has 0 saturated carbocycles. The molecule has 0 aliphatic carbocycles. The molecule has 4 nitrogen and oxygen atoms in total.